The molecule has 2 aromatic rings. The molecule has 0 atom stereocenters. The van der Waals surface area contributed by atoms with Crippen molar-refractivity contribution in [2.24, 2.45) is 11.8 Å². The number of nitrogens with one attached hydrogen (secondary N) is 2. The lowest BCUT2D eigenvalue weighted by atomic mass is 9.81. The summed E-state index contributed by atoms with van der Waals surface area (Å²) in [6, 6.07) is 9.06. The molecule has 2 amide bonds. The summed E-state index contributed by atoms with van der Waals surface area (Å²) >= 11 is 0. The molecule has 29 heavy (non-hydrogen) atoms. The molecular formula is C22H27N3O4. The van der Waals surface area contributed by atoms with Crippen molar-refractivity contribution in [1.82, 2.24) is 10.3 Å². The summed E-state index contributed by atoms with van der Waals surface area (Å²) in [6.07, 6.45) is 6.20. The van der Waals surface area contributed by atoms with Crippen LogP contribution in [-0.2, 0) is 16.1 Å². The second kappa shape index (κ2) is 9.91. The molecule has 1 aliphatic rings. The van der Waals surface area contributed by atoms with Gasteiger partial charge in [-0.25, -0.2) is 0 Å². The Hall–Kier alpha value is -3.09. The van der Waals surface area contributed by atoms with Gasteiger partial charge in [0.1, 0.15) is 11.5 Å². The van der Waals surface area contributed by atoms with Gasteiger partial charge in [0.05, 0.1) is 19.9 Å². The van der Waals surface area contributed by atoms with Crippen LogP contribution in [0.15, 0.2) is 42.7 Å². The standard InChI is InChI=1S/C22H27N3O4/c1-28-18-7-8-20(29-2)19(13-18)25-22(27)17-5-3-16(4-6-17)21(26)24-14-15-9-11-23-12-10-15/h7-13,16-17H,3-6,14H2,1-2H3,(H,24,26)(H,25,27). The van der Waals surface area contributed by atoms with E-state index < -0.39 is 0 Å². The summed E-state index contributed by atoms with van der Waals surface area (Å²) in [4.78, 5) is 29.1. The van der Waals surface area contributed by atoms with Crippen LogP contribution in [0.4, 0.5) is 5.69 Å². The molecule has 2 N–H and O–H groups in total. The third-order valence-corrected chi connectivity index (χ3v) is 5.35. The van der Waals surface area contributed by atoms with E-state index in [9.17, 15) is 9.59 Å². The van der Waals surface area contributed by atoms with E-state index in [1.54, 1.807) is 44.8 Å². The van der Waals surface area contributed by atoms with Gasteiger partial charge in [0.2, 0.25) is 11.8 Å². The van der Waals surface area contributed by atoms with Crippen LogP contribution in [0.1, 0.15) is 31.2 Å². The van der Waals surface area contributed by atoms with Crippen LogP contribution in [0.5, 0.6) is 11.5 Å². The quantitative estimate of drug-likeness (QED) is 0.749. The molecule has 1 aliphatic carbocycles. The number of anilines is 1. The number of amides is 2. The fourth-order valence-corrected chi connectivity index (χ4v) is 3.60. The van der Waals surface area contributed by atoms with Crippen molar-refractivity contribution < 1.29 is 19.1 Å². The van der Waals surface area contributed by atoms with E-state index in [1.807, 2.05) is 12.1 Å². The number of carbonyl (C=O) groups is 2. The highest BCUT2D eigenvalue weighted by Gasteiger charge is 2.30. The highest BCUT2D eigenvalue weighted by molar-refractivity contribution is 5.94. The Kier molecular flexibility index (Phi) is 7.05. The zero-order chi connectivity index (χ0) is 20.6. The number of pyridine rings is 1. The van der Waals surface area contributed by atoms with Crippen molar-refractivity contribution in [2.75, 3.05) is 19.5 Å². The van der Waals surface area contributed by atoms with Gasteiger partial charge in [-0.05, 0) is 55.5 Å². The fraction of sp³-hybridized carbons (Fsp3) is 0.409. The van der Waals surface area contributed by atoms with Crippen LogP contribution in [-0.4, -0.2) is 31.0 Å². The Morgan fingerprint density at radius 3 is 2.24 bits per heavy atom. The molecule has 1 aromatic carbocycles. The molecule has 1 heterocycles. The van der Waals surface area contributed by atoms with Gasteiger partial charge in [-0.3, -0.25) is 14.6 Å². The Bertz CT molecular complexity index is 833. The first-order valence-corrected chi connectivity index (χ1v) is 9.80. The van der Waals surface area contributed by atoms with Crippen LogP contribution in [0.2, 0.25) is 0 Å². The maximum absolute atomic E-state index is 12.7. The van der Waals surface area contributed by atoms with E-state index in [-0.39, 0.29) is 23.7 Å². The first-order chi connectivity index (χ1) is 14.1. The minimum absolute atomic E-state index is 0.0488. The average Bonchev–Trinajstić information content (AvgIpc) is 2.78. The molecule has 7 nitrogen and oxygen atoms in total. The molecule has 7 heteroatoms. The van der Waals surface area contributed by atoms with E-state index in [0.29, 0.717) is 49.4 Å². The number of carbonyl (C=O) groups excluding carboxylic acids is 2. The molecule has 0 saturated heterocycles. The van der Waals surface area contributed by atoms with Gasteiger partial charge in [0.15, 0.2) is 0 Å². The summed E-state index contributed by atoms with van der Waals surface area (Å²) in [5.74, 6) is 1.07. The van der Waals surface area contributed by atoms with Crippen LogP contribution in [0.25, 0.3) is 0 Å². The number of hydrogen-bond acceptors (Lipinski definition) is 5. The molecule has 1 saturated carbocycles. The molecule has 0 bridgehead atoms. The second-order valence-electron chi connectivity index (χ2n) is 7.18. The molecule has 3 rings (SSSR count). The maximum Gasteiger partial charge on any atom is 0.227 e. The maximum atomic E-state index is 12.7. The Balaban J connectivity index is 1.50. The zero-order valence-electron chi connectivity index (χ0n) is 16.8. The van der Waals surface area contributed by atoms with Gasteiger partial charge >= 0.3 is 0 Å². The predicted molar refractivity (Wildman–Crippen MR) is 110 cm³/mol. The normalized spacial score (nSPS) is 18.6. The summed E-state index contributed by atoms with van der Waals surface area (Å²) in [6.45, 7) is 0.497. The van der Waals surface area contributed by atoms with Gasteiger partial charge in [-0.15, -0.1) is 0 Å². The number of ether oxygens (including phenoxy) is 2. The smallest absolute Gasteiger partial charge is 0.227 e. The Morgan fingerprint density at radius 2 is 1.62 bits per heavy atom. The largest absolute Gasteiger partial charge is 0.497 e. The van der Waals surface area contributed by atoms with Gasteiger partial charge in [-0.2, -0.15) is 0 Å². The minimum Gasteiger partial charge on any atom is -0.497 e. The molecule has 0 aliphatic heterocycles. The van der Waals surface area contributed by atoms with Gasteiger partial charge in [-0.1, -0.05) is 0 Å². The SMILES string of the molecule is COc1ccc(OC)c(NC(=O)C2CCC(C(=O)NCc3ccncc3)CC2)c1. The predicted octanol–water partition coefficient (Wildman–Crippen LogP) is 3.16. The topological polar surface area (TPSA) is 89.5 Å². The molecule has 154 valence electrons. The highest BCUT2D eigenvalue weighted by Crippen LogP contribution is 2.33. The number of aromatic nitrogens is 1. The first-order valence-electron chi connectivity index (χ1n) is 9.80. The second-order valence-corrected chi connectivity index (χ2v) is 7.18. The number of nitrogens with zero attached hydrogens (tertiary/aromatic N) is 1. The third-order valence-electron chi connectivity index (χ3n) is 5.35. The monoisotopic (exact) mass is 397 g/mol. The molecule has 0 radical (unpaired) electrons. The number of methoxy groups -OCH3 is 2. The lowest BCUT2D eigenvalue weighted by Crippen LogP contribution is -2.35. The number of rotatable bonds is 7. The molecule has 0 spiro atoms. The Morgan fingerprint density at radius 1 is 0.966 bits per heavy atom. The summed E-state index contributed by atoms with van der Waals surface area (Å²) in [7, 11) is 3.14. The third kappa shape index (κ3) is 5.47. The van der Waals surface area contributed by atoms with Crippen LogP contribution >= 0.6 is 0 Å². The Labute approximate surface area is 170 Å². The molecular weight excluding hydrogens is 370 g/mol. The van der Waals surface area contributed by atoms with Crippen molar-refractivity contribution >= 4 is 17.5 Å². The number of hydrogen-bond donors (Lipinski definition) is 2. The van der Waals surface area contributed by atoms with Crippen molar-refractivity contribution in [3.63, 3.8) is 0 Å². The van der Waals surface area contributed by atoms with Gasteiger partial charge in [0.25, 0.3) is 0 Å². The summed E-state index contributed by atoms with van der Waals surface area (Å²) < 4.78 is 10.5. The van der Waals surface area contributed by atoms with E-state index in [4.69, 9.17) is 9.47 Å². The lowest BCUT2D eigenvalue weighted by molar-refractivity contribution is -0.128. The highest BCUT2D eigenvalue weighted by atomic mass is 16.5. The van der Waals surface area contributed by atoms with E-state index in [1.165, 1.54) is 0 Å². The fourth-order valence-electron chi connectivity index (χ4n) is 3.60. The van der Waals surface area contributed by atoms with Gasteiger partial charge in [0, 0.05) is 36.8 Å². The van der Waals surface area contributed by atoms with E-state index >= 15 is 0 Å². The summed E-state index contributed by atoms with van der Waals surface area (Å²) in [5.41, 5.74) is 1.61. The van der Waals surface area contributed by atoms with Crippen LogP contribution < -0.4 is 20.1 Å². The summed E-state index contributed by atoms with van der Waals surface area (Å²) in [5, 5.41) is 5.93. The van der Waals surface area contributed by atoms with Crippen LogP contribution in [0.3, 0.4) is 0 Å². The van der Waals surface area contributed by atoms with E-state index in [0.717, 1.165) is 5.56 Å². The number of benzene rings is 1. The first kappa shape index (κ1) is 20.6. The minimum atomic E-state index is -0.116. The van der Waals surface area contributed by atoms with Crippen molar-refractivity contribution in [2.45, 2.75) is 32.2 Å². The van der Waals surface area contributed by atoms with Crippen molar-refractivity contribution in [3.8, 4) is 11.5 Å². The van der Waals surface area contributed by atoms with Crippen molar-refractivity contribution in [3.05, 3.63) is 48.3 Å². The molecule has 0 unspecified atom stereocenters. The molecule has 1 aromatic heterocycles. The van der Waals surface area contributed by atoms with Crippen molar-refractivity contribution in [1.29, 1.82) is 0 Å². The van der Waals surface area contributed by atoms with Crippen LogP contribution in [0, 0.1) is 11.8 Å². The molecule has 1 fully saturated rings. The zero-order valence-corrected chi connectivity index (χ0v) is 16.8. The van der Waals surface area contributed by atoms with Gasteiger partial charge < -0.3 is 20.1 Å². The van der Waals surface area contributed by atoms with E-state index in [2.05, 4.69) is 15.6 Å². The lowest BCUT2D eigenvalue weighted by Gasteiger charge is -2.27. The average molecular weight is 397 g/mol.